The molecule has 0 aliphatic heterocycles. The Hall–Kier alpha value is -2.26. The predicted octanol–water partition coefficient (Wildman–Crippen LogP) is 4.13. The average molecular weight is 287 g/mol. The summed E-state index contributed by atoms with van der Waals surface area (Å²) in [4.78, 5) is 12.1. The largest absolute Gasteiger partial charge is 0.507 e. The lowest BCUT2D eigenvalue weighted by Crippen LogP contribution is -2.00. The van der Waals surface area contributed by atoms with Crippen molar-refractivity contribution in [3.8, 4) is 17.1 Å². The van der Waals surface area contributed by atoms with E-state index in [1.807, 2.05) is 13.0 Å². The highest BCUT2D eigenvalue weighted by atomic mass is 35.5. The van der Waals surface area contributed by atoms with Gasteiger partial charge in [-0.1, -0.05) is 23.7 Å². The molecule has 0 saturated heterocycles. The van der Waals surface area contributed by atoms with E-state index in [0.29, 0.717) is 27.3 Å². The minimum atomic E-state index is -0.191. The third-order valence-electron chi connectivity index (χ3n) is 3.13. The lowest BCUT2D eigenvalue weighted by Gasteiger charge is -2.06. The van der Waals surface area contributed by atoms with Gasteiger partial charge in [-0.3, -0.25) is 4.79 Å². The third-order valence-corrected chi connectivity index (χ3v) is 3.42. The molecule has 20 heavy (non-hydrogen) atoms. The van der Waals surface area contributed by atoms with Gasteiger partial charge < -0.3 is 9.52 Å². The van der Waals surface area contributed by atoms with Crippen molar-refractivity contribution in [2.75, 3.05) is 0 Å². The topological polar surface area (TPSA) is 50.4 Å². The number of fused-ring (bicyclic) bond motifs is 1. The van der Waals surface area contributed by atoms with Crippen molar-refractivity contribution in [3.05, 3.63) is 63.3 Å². The zero-order valence-corrected chi connectivity index (χ0v) is 11.4. The first kappa shape index (κ1) is 12.8. The Morgan fingerprint density at radius 2 is 1.95 bits per heavy atom. The van der Waals surface area contributed by atoms with Crippen LogP contribution in [-0.2, 0) is 0 Å². The third kappa shape index (κ3) is 2.06. The molecule has 0 unspecified atom stereocenters. The first-order chi connectivity index (χ1) is 9.56. The minimum absolute atomic E-state index is 0.0690. The molecule has 2 aromatic carbocycles. The summed E-state index contributed by atoms with van der Waals surface area (Å²) in [5, 5.41) is 10.8. The molecule has 100 valence electrons. The van der Waals surface area contributed by atoms with Gasteiger partial charge in [0.05, 0.1) is 16.0 Å². The molecule has 0 fully saturated rings. The van der Waals surface area contributed by atoms with E-state index in [0.717, 1.165) is 5.56 Å². The monoisotopic (exact) mass is 286 g/mol. The van der Waals surface area contributed by atoms with Crippen LogP contribution in [0.5, 0.6) is 5.75 Å². The molecule has 0 bridgehead atoms. The van der Waals surface area contributed by atoms with Gasteiger partial charge in [-0.05, 0) is 36.8 Å². The summed E-state index contributed by atoms with van der Waals surface area (Å²) < 4.78 is 5.69. The van der Waals surface area contributed by atoms with Crippen molar-refractivity contribution in [2.45, 2.75) is 6.92 Å². The van der Waals surface area contributed by atoms with Crippen molar-refractivity contribution in [2.24, 2.45) is 0 Å². The molecule has 0 atom stereocenters. The van der Waals surface area contributed by atoms with Gasteiger partial charge in [-0.15, -0.1) is 0 Å². The number of phenols is 1. The highest BCUT2D eigenvalue weighted by molar-refractivity contribution is 6.34. The van der Waals surface area contributed by atoms with Gasteiger partial charge in [0.25, 0.3) is 0 Å². The molecule has 0 aliphatic carbocycles. The molecule has 1 aromatic heterocycles. The van der Waals surface area contributed by atoms with Crippen LogP contribution in [0, 0.1) is 6.92 Å². The van der Waals surface area contributed by atoms with Gasteiger partial charge in [0.1, 0.15) is 11.5 Å². The molecule has 0 radical (unpaired) electrons. The van der Waals surface area contributed by atoms with Crippen LogP contribution in [0.2, 0.25) is 5.02 Å². The summed E-state index contributed by atoms with van der Waals surface area (Å²) in [5.74, 6) is 0.368. The lowest BCUT2D eigenvalue weighted by molar-refractivity contribution is 0.474. The fourth-order valence-electron chi connectivity index (χ4n) is 2.13. The van der Waals surface area contributed by atoms with Crippen LogP contribution in [0.1, 0.15) is 5.56 Å². The minimum Gasteiger partial charge on any atom is -0.507 e. The van der Waals surface area contributed by atoms with Crippen molar-refractivity contribution < 1.29 is 9.52 Å². The van der Waals surface area contributed by atoms with E-state index in [1.54, 1.807) is 30.3 Å². The van der Waals surface area contributed by atoms with Crippen LogP contribution in [-0.4, -0.2) is 5.11 Å². The first-order valence-electron chi connectivity index (χ1n) is 6.08. The quantitative estimate of drug-likeness (QED) is 0.732. The van der Waals surface area contributed by atoms with Gasteiger partial charge >= 0.3 is 0 Å². The van der Waals surface area contributed by atoms with E-state index in [1.165, 1.54) is 6.07 Å². The van der Waals surface area contributed by atoms with Gasteiger partial charge in [0.2, 0.25) is 0 Å². The molecule has 1 heterocycles. The maximum Gasteiger partial charge on any atom is 0.193 e. The molecule has 3 nitrogen and oxygen atoms in total. The zero-order valence-electron chi connectivity index (χ0n) is 10.7. The molecule has 0 amide bonds. The molecule has 0 spiro atoms. The number of benzene rings is 2. The highest BCUT2D eigenvalue weighted by Crippen LogP contribution is 2.32. The summed E-state index contributed by atoms with van der Waals surface area (Å²) in [7, 11) is 0. The molecule has 4 heteroatoms. The predicted molar refractivity (Wildman–Crippen MR) is 79.3 cm³/mol. The average Bonchev–Trinajstić information content (AvgIpc) is 2.40. The summed E-state index contributed by atoms with van der Waals surface area (Å²) in [5.41, 5.74) is 1.53. The molecular weight excluding hydrogens is 276 g/mol. The Bertz CT molecular complexity index is 865. The smallest absolute Gasteiger partial charge is 0.193 e. The molecule has 1 N–H and O–H groups in total. The van der Waals surface area contributed by atoms with Gasteiger partial charge in [0, 0.05) is 6.07 Å². The van der Waals surface area contributed by atoms with Crippen LogP contribution in [0.25, 0.3) is 22.3 Å². The van der Waals surface area contributed by atoms with Crippen molar-refractivity contribution in [3.63, 3.8) is 0 Å². The molecule has 0 aliphatic rings. The Labute approximate surface area is 120 Å². The summed E-state index contributed by atoms with van der Waals surface area (Å²) in [6, 6.07) is 11.6. The van der Waals surface area contributed by atoms with E-state index in [2.05, 4.69) is 0 Å². The number of rotatable bonds is 1. The molecule has 3 rings (SSSR count). The number of para-hydroxylation sites is 1. The number of hydrogen-bond acceptors (Lipinski definition) is 3. The Balaban J connectivity index is 2.32. The molecule has 3 aromatic rings. The lowest BCUT2D eigenvalue weighted by atomic mass is 10.1. The van der Waals surface area contributed by atoms with Crippen molar-refractivity contribution >= 4 is 22.6 Å². The maximum atomic E-state index is 12.1. The number of aryl methyl sites for hydroxylation is 1. The van der Waals surface area contributed by atoms with Gasteiger partial charge in [-0.2, -0.15) is 0 Å². The molecular formula is C16H11ClO3. The molecule has 0 saturated carbocycles. The SMILES string of the molecule is Cc1ccc(-c2cc(=O)c3cccc(Cl)c3o2)c(O)c1. The van der Waals surface area contributed by atoms with Crippen LogP contribution >= 0.6 is 11.6 Å². The Morgan fingerprint density at radius 3 is 2.70 bits per heavy atom. The number of hydrogen-bond donors (Lipinski definition) is 1. The number of aromatic hydroxyl groups is 1. The van der Waals surface area contributed by atoms with Crippen LogP contribution < -0.4 is 5.43 Å². The normalized spacial score (nSPS) is 10.9. The zero-order chi connectivity index (χ0) is 14.3. The van der Waals surface area contributed by atoms with Crippen molar-refractivity contribution in [1.82, 2.24) is 0 Å². The van der Waals surface area contributed by atoms with Crippen LogP contribution in [0.3, 0.4) is 0 Å². The second-order valence-electron chi connectivity index (χ2n) is 4.61. The van der Waals surface area contributed by atoms with E-state index in [4.69, 9.17) is 16.0 Å². The van der Waals surface area contributed by atoms with Gasteiger partial charge in [0.15, 0.2) is 11.0 Å². The Kier molecular flexibility index (Phi) is 2.99. The summed E-state index contributed by atoms with van der Waals surface area (Å²) in [6.07, 6.45) is 0. The second-order valence-corrected chi connectivity index (χ2v) is 5.02. The van der Waals surface area contributed by atoms with Crippen LogP contribution in [0.4, 0.5) is 0 Å². The van der Waals surface area contributed by atoms with E-state index in [-0.39, 0.29) is 11.2 Å². The number of phenolic OH excluding ortho intramolecular Hbond substituents is 1. The second kappa shape index (κ2) is 4.69. The summed E-state index contributed by atoms with van der Waals surface area (Å²) >= 11 is 6.06. The van der Waals surface area contributed by atoms with E-state index < -0.39 is 0 Å². The Morgan fingerprint density at radius 1 is 1.15 bits per heavy atom. The van der Waals surface area contributed by atoms with Crippen LogP contribution in [0.15, 0.2) is 51.7 Å². The fourth-order valence-corrected chi connectivity index (χ4v) is 2.34. The van der Waals surface area contributed by atoms with Crippen molar-refractivity contribution in [1.29, 1.82) is 0 Å². The maximum absolute atomic E-state index is 12.1. The number of halogens is 1. The fraction of sp³-hybridized carbons (Fsp3) is 0.0625. The van der Waals surface area contributed by atoms with E-state index in [9.17, 15) is 9.90 Å². The van der Waals surface area contributed by atoms with Gasteiger partial charge in [-0.25, -0.2) is 0 Å². The standard InChI is InChI=1S/C16H11ClO3/c1-9-5-6-10(13(18)7-9)15-8-14(19)11-3-2-4-12(17)16(11)20-15/h2-8,18H,1H3. The highest BCUT2D eigenvalue weighted by Gasteiger charge is 2.12. The first-order valence-corrected chi connectivity index (χ1v) is 6.46. The summed E-state index contributed by atoms with van der Waals surface area (Å²) in [6.45, 7) is 1.87. The van der Waals surface area contributed by atoms with E-state index >= 15 is 0 Å².